The molecule has 0 aliphatic carbocycles. The highest BCUT2D eigenvalue weighted by molar-refractivity contribution is 5.94. The number of carbonyl (C=O) groups is 2. The zero-order chi connectivity index (χ0) is 18.0. The Bertz CT molecular complexity index is 766. The van der Waals surface area contributed by atoms with Crippen LogP contribution in [0.4, 0.5) is 5.82 Å². The first-order chi connectivity index (χ1) is 12.0. The maximum absolute atomic E-state index is 12.9. The van der Waals surface area contributed by atoms with Crippen LogP contribution in [0.5, 0.6) is 0 Å². The van der Waals surface area contributed by atoms with Gasteiger partial charge in [-0.1, -0.05) is 29.8 Å². The summed E-state index contributed by atoms with van der Waals surface area (Å²) in [6, 6.07) is 9.57. The molecule has 1 aromatic carbocycles. The Morgan fingerprint density at radius 1 is 1.28 bits per heavy atom. The van der Waals surface area contributed by atoms with Crippen LogP contribution in [-0.2, 0) is 16.1 Å². The molecule has 2 heterocycles. The number of piperidine rings is 1. The SMILES string of the molecule is CCn1ccc(NC(=O)[C@H]2CCC(=O)N(C)[C@@H]2c2ccc(C)cc2)n1. The number of nitrogens with one attached hydrogen (secondary N) is 1. The van der Waals surface area contributed by atoms with Crippen LogP contribution in [0.15, 0.2) is 36.5 Å². The molecule has 1 fully saturated rings. The number of benzene rings is 1. The molecule has 1 saturated heterocycles. The van der Waals surface area contributed by atoms with E-state index in [1.54, 1.807) is 22.7 Å². The fourth-order valence-electron chi connectivity index (χ4n) is 3.36. The monoisotopic (exact) mass is 340 g/mol. The lowest BCUT2D eigenvalue weighted by Crippen LogP contribution is -2.44. The van der Waals surface area contributed by atoms with Crippen LogP contribution >= 0.6 is 0 Å². The van der Waals surface area contributed by atoms with Gasteiger partial charge in [0.25, 0.3) is 0 Å². The van der Waals surface area contributed by atoms with Crippen molar-refractivity contribution >= 4 is 17.6 Å². The van der Waals surface area contributed by atoms with Gasteiger partial charge < -0.3 is 10.2 Å². The highest BCUT2D eigenvalue weighted by atomic mass is 16.2. The minimum absolute atomic E-state index is 0.0740. The number of hydrogen-bond donors (Lipinski definition) is 1. The van der Waals surface area contributed by atoms with E-state index in [-0.39, 0.29) is 23.8 Å². The molecule has 6 heteroatoms. The fourth-order valence-corrected chi connectivity index (χ4v) is 3.36. The van der Waals surface area contributed by atoms with Gasteiger partial charge in [0.05, 0.1) is 12.0 Å². The number of aromatic nitrogens is 2. The summed E-state index contributed by atoms with van der Waals surface area (Å²) in [6.07, 6.45) is 2.77. The van der Waals surface area contributed by atoms with Crippen LogP contribution in [-0.4, -0.2) is 33.5 Å². The van der Waals surface area contributed by atoms with E-state index in [1.807, 2.05) is 44.3 Å². The van der Waals surface area contributed by atoms with Crippen molar-refractivity contribution in [3.05, 3.63) is 47.7 Å². The first kappa shape index (κ1) is 17.2. The van der Waals surface area contributed by atoms with Crippen LogP contribution in [0.2, 0.25) is 0 Å². The zero-order valence-electron chi connectivity index (χ0n) is 14.9. The van der Waals surface area contributed by atoms with E-state index < -0.39 is 0 Å². The molecule has 3 rings (SSSR count). The summed E-state index contributed by atoms with van der Waals surface area (Å²) in [5.74, 6) is 0.238. The van der Waals surface area contributed by atoms with Gasteiger partial charge in [0.2, 0.25) is 11.8 Å². The highest BCUT2D eigenvalue weighted by Crippen LogP contribution is 2.36. The van der Waals surface area contributed by atoms with E-state index in [0.717, 1.165) is 17.7 Å². The number of rotatable bonds is 4. The second-order valence-electron chi connectivity index (χ2n) is 6.55. The standard InChI is InChI=1S/C19H24N4O2/c1-4-23-12-11-16(21-23)20-19(25)15-9-10-17(24)22(3)18(15)14-7-5-13(2)6-8-14/h5-8,11-12,15,18H,4,9-10H2,1-3H3,(H,20,21,25)/t15-,18+/m0/s1. The lowest BCUT2D eigenvalue weighted by Gasteiger charge is -2.38. The topological polar surface area (TPSA) is 67.2 Å². The Morgan fingerprint density at radius 3 is 2.64 bits per heavy atom. The molecule has 0 bridgehead atoms. The molecule has 1 aromatic heterocycles. The molecule has 1 aliphatic rings. The van der Waals surface area contributed by atoms with Crippen LogP contribution < -0.4 is 5.32 Å². The Kier molecular flexibility index (Phi) is 4.88. The quantitative estimate of drug-likeness (QED) is 0.930. The number of carbonyl (C=O) groups excluding carboxylic acids is 2. The van der Waals surface area contributed by atoms with Gasteiger partial charge in [-0.3, -0.25) is 14.3 Å². The van der Waals surface area contributed by atoms with Gasteiger partial charge in [0, 0.05) is 32.3 Å². The smallest absolute Gasteiger partial charge is 0.231 e. The van der Waals surface area contributed by atoms with Crippen molar-refractivity contribution in [1.82, 2.24) is 14.7 Å². The Balaban J connectivity index is 1.84. The van der Waals surface area contributed by atoms with Crippen LogP contribution in [0.25, 0.3) is 0 Å². The molecule has 2 amide bonds. The first-order valence-corrected chi connectivity index (χ1v) is 8.66. The van der Waals surface area contributed by atoms with Gasteiger partial charge in [-0.2, -0.15) is 5.10 Å². The van der Waals surface area contributed by atoms with Crippen molar-refractivity contribution in [2.75, 3.05) is 12.4 Å². The highest BCUT2D eigenvalue weighted by Gasteiger charge is 2.38. The van der Waals surface area contributed by atoms with Gasteiger partial charge in [0.1, 0.15) is 0 Å². The molecular weight excluding hydrogens is 316 g/mol. The predicted molar refractivity (Wildman–Crippen MR) is 95.9 cm³/mol. The molecule has 0 radical (unpaired) electrons. The number of aryl methyl sites for hydroxylation is 2. The third-order valence-electron chi connectivity index (χ3n) is 4.83. The average Bonchev–Trinajstić information content (AvgIpc) is 3.05. The summed E-state index contributed by atoms with van der Waals surface area (Å²) >= 11 is 0. The predicted octanol–water partition coefficient (Wildman–Crippen LogP) is 2.76. The number of likely N-dealkylation sites (tertiary alicyclic amines) is 1. The van der Waals surface area contributed by atoms with Crippen LogP contribution in [0.3, 0.4) is 0 Å². The number of anilines is 1. The van der Waals surface area contributed by atoms with E-state index in [2.05, 4.69) is 10.4 Å². The summed E-state index contributed by atoms with van der Waals surface area (Å²) in [5, 5.41) is 7.22. The summed E-state index contributed by atoms with van der Waals surface area (Å²) < 4.78 is 1.77. The lowest BCUT2D eigenvalue weighted by atomic mass is 9.83. The summed E-state index contributed by atoms with van der Waals surface area (Å²) in [5.41, 5.74) is 2.14. The van der Waals surface area contributed by atoms with E-state index in [4.69, 9.17) is 0 Å². The summed E-state index contributed by atoms with van der Waals surface area (Å²) in [7, 11) is 1.78. The number of amides is 2. The lowest BCUT2D eigenvalue weighted by molar-refractivity contribution is -0.140. The van der Waals surface area contributed by atoms with Crippen molar-refractivity contribution in [3.63, 3.8) is 0 Å². The van der Waals surface area contributed by atoms with Gasteiger partial charge in [-0.05, 0) is 25.8 Å². The number of hydrogen-bond acceptors (Lipinski definition) is 3. The molecule has 2 atom stereocenters. The fraction of sp³-hybridized carbons (Fsp3) is 0.421. The second-order valence-corrected chi connectivity index (χ2v) is 6.55. The van der Waals surface area contributed by atoms with E-state index in [1.165, 1.54) is 0 Å². The van der Waals surface area contributed by atoms with Crippen LogP contribution in [0.1, 0.15) is 36.9 Å². The van der Waals surface area contributed by atoms with Gasteiger partial charge >= 0.3 is 0 Å². The van der Waals surface area contributed by atoms with E-state index in [9.17, 15) is 9.59 Å². The van der Waals surface area contributed by atoms with Gasteiger partial charge in [0.15, 0.2) is 5.82 Å². The minimum atomic E-state index is -0.294. The maximum atomic E-state index is 12.9. The van der Waals surface area contributed by atoms with Gasteiger partial charge in [-0.25, -0.2) is 0 Å². The largest absolute Gasteiger partial charge is 0.338 e. The van der Waals surface area contributed by atoms with Crippen LogP contribution in [0, 0.1) is 12.8 Å². The van der Waals surface area contributed by atoms with Gasteiger partial charge in [-0.15, -0.1) is 0 Å². The van der Waals surface area contributed by atoms with E-state index >= 15 is 0 Å². The molecule has 1 N–H and O–H groups in total. The zero-order valence-corrected chi connectivity index (χ0v) is 14.9. The molecule has 2 aromatic rings. The van der Waals surface area contributed by atoms with Crippen molar-refractivity contribution < 1.29 is 9.59 Å². The van der Waals surface area contributed by atoms with E-state index in [0.29, 0.717) is 18.7 Å². The molecule has 0 spiro atoms. The molecule has 132 valence electrons. The average molecular weight is 340 g/mol. The molecule has 25 heavy (non-hydrogen) atoms. The minimum Gasteiger partial charge on any atom is -0.338 e. The van der Waals surface area contributed by atoms with Crippen molar-refractivity contribution in [2.45, 2.75) is 39.3 Å². The Morgan fingerprint density at radius 2 is 2.00 bits per heavy atom. The summed E-state index contributed by atoms with van der Waals surface area (Å²) in [4.78, 5) is 26.8. The first-order valence-electron chi connectivity index (χ1n) is 8.66. The van der Waals surface area contributed by atoms with Crippen molar-refractivity contribution in [1.29, 1.82) is 0 Å². The molecule has 0 saturated carbocycles. The molecule has 0 unspecified atom stereocenters. The number of nitrogens with zero attached hydrogens (tertiary/aromatic N) is 3. The molecule has 6 nitrogen and oxygen atoms in total. The summed E-state index contributed by atoms with van der Waals surface area (Å²) in [6.45, 7) is 4.77. The molecular formula is C19H24N4O2. The molecule has 1 aliphatic heterocycles. The van der Waals surface area contributed by atoms with Crippen molar-refractivity contribution in [3.8, 4) is 0 Å². The maximum Gasteiger partial charge on any atom is 0.231 e. The third-order valence-corrected chi connectivity index (χ3v) is 4.83. The second kappa shape index (κ2) is 7.09. The van der Waals surface area contributed by atoms with Crippen molar-refractivity contribution in [2.24, 2.45) is 5.92 Å². The normalized spacial score (nSPS) is 20.6. The third kappa shape index (κ3) is 3.57. The Hall–Kier alpha value is -2.63. The Labute approximate surface area is 147 Å².